The van der Waals surface area contributed by atoms with Gasteiger partial charge >= 0.3 is 0 Å². The van der Waals surface area contributed by atoms with Crippen LogP contribution in [0.2, 0.25) is 0 Å². The molecule has 1 heterocycles. The summed E-state index contributed by atoms with van der Waals surface area (Å²) in [4.78, 5) is 10.9. The Morgan fingerprint density at radius 1 is 1.47 bits per heavy atom. The minimum Gasteiger partial charge on any atom is -0.383 e. The Bertz CT molecular complexity index is 372. The largest absolute Gasteiger partial charge is 0.383 e. The molecule has 2 rings (SSSR count). The van der Waals surface area contributed by atoms with Gasteiger partial charge in [-0.2, -0.15) is 0 Å². The Morgan fingerprint density at radius 2 is 2.24 bits per heavy atom. The third-order valence-electron chi connectivity index (χ3n) is 2.72. The highest BCUT2D eigenvalue weighted by molar-refractivity contribution is 5.93. The van der Waals surface area contributed by atoms with Crippen LogP contribution in [0, 0.1) is 0 Å². The van der Waals surface area contributed by atoms with E-state index in [1.807, 2.05) is 12.1 Å². The van der Waals surface area contributed by atoms with Gasteiger partial charge < -0.3 is 21.1 Å². The van der Waals surface area contributed by atoms with Gasteiger partial charge in [-0.15, -0.1) is 0 Å². The van der Waals surface area contributed by atoms with Crippen molar-refractivity contribution in [2.24, 2.45) is 5.73 Å². The van der Waals surface area contributed by atoms with E-state index in [1.165, 1.54) is 0 Å². The van der Waals surface area contributed by atoms with E-state index in [1.54, 1.807) is 12.1 Å². The molecule has 1 unspecified atom stereocenters. The first-order valence-electron chi connectivity index (χ1n) is 5.70. The van der Waals surface area contributed by atoms with Gasteiger partial charge in [0.05, 0.1) is 13.2 Å². The predicted molar refractivity (Wildman–Crippen MR) is 66.1 cm³/mol. The molecule has 5 heteroatoms. The fourth-order valence-electron chi connectivity index (χ4n) is 1.74. The number of nitrogens with two attached hydrogens (primary N) is 1. The summed E-state index contributed by atoms with van der Waals surface area (Å²) in [5.41, 5.74) is 6.67. The molecule has 1 aliphatic rings. The predicted octanol–water partition coefficient (Wildman–Crippen LogP) is 0.186. The zero-order valence-electron chi connectivity index (χ0n) is 9.61. The number of ether oxygens (including phenoxy) is 1. The Balaban J connectivity index is 1.84. The molecule has 0 aliphatic carbocycles. The highest BCUT2D eigenvalue weighted by Crippen LogP contribution is 2.09. The van der Waals surface area contributed by atoms with Gasteiger partial charge in [-0.05, 0) is 24.3 Å². The first-order chi connectivity index (χ1) is 8.25. The standard InChI is InChI=1S/C12H17N3O2/c13-12(16)9-1-3-10(4-2-9)15-7-11-8-17-6-5-14-11/h1-4,11,14-15H,5-8H2,(H2,13,16). The van der Waals surface area contributed by atoms with Crippen molar-refractivity contribution in [2.75, 3.05) is 31.6 Å². The summed E-state index contributed by atoms with van der Waals surface area (Å²) in [5.74, 6) is -0.404. The number of carbonyl (C=O) groups is 1. The Morgan fingerprint density at radius 3 is 2.82 bits per heavy atom. The summed E-state index contributed by atoms with van der Waals surface area (Å²) in [6.45, 7) is 3.21. The molecule has 1 atom stereocenters. The van der Waals surface area contributed by atoms with Gasteiger partial charge in [-0.1, -0.05) is 0 Å². The number of primary amides is 1. The van der Waals surface area contributed by atoms with Gasteiger partial charge in [0.15, 0.2) is 0 Å². The van der Waals surface area contributed by atoms with E-state index in [9.17, 15) is 4.79 Å². The van der Waals surface area contributed by atoms with Crippen LogP contribution >= 0.6 is 0 Å². The van der Waals surface area contributed by atoms with E-state index in [4.69, 9.17) is 10.5 Å². The minimum atomic E-state index is -0.404. The number of anilines is 1. The van der Waals surface area contributed by atoms with E-state index in [-0.39, 0.29) is 0 Å². The van der Waals surface area contributed by atoms with Crippen LogP contribution in [-0.4, -0.2) is 38.3 Å². The van der Waals surface area contributed by atoms with Crippen LogP contribution in [0.1, 0.15) is 10.4 Å². The van der Waals surface area contributed by atoms with Gasteiger partial charge in [0.2, 0.25) is 5.91 Å². The smallest absolute Gasteiger partial charge is 0.248 e. The zero-order chi connectivity index (χ0) is 12.1. The van der Waals surface area contributed by atoms with E-state index in [0.29, 0.717) is 11.6 Å². The lowest BCUT2D eigenvalue weighted by molar-refractivity contribution is 0.0806. The maximum absolute atomic E-state index is 10.9. The van der Waals surface area contributed by atoms with E-state index < -0.39 is 5.91 Å². The number of amides is 1. The summed E-state index contributed by atoms with van der Waals surface area (Å²) in [5, 5.41) is 6.64. The number of hydrogen-bond acceptors (Lipinski definition) is 4. The van der Waals surface area contributed by atoms with Crippen LogP contribution in [-0.2, 0) is 4.74 Å². The van der Waals surface area contributed by atoms with Crippen LogP contribution in [0.25, 0.3) is 0 Å². The monoisotopic (exact) mass is 235 g/mol. The van der Waals surface area contributed by atoms with Crippen LogP contribution in [0.3, 0.4) is 0 Å². The SMILES string of the molecule is NC(=O)c1ccc(NCC2COCCN2)cc1. The molecule has 4 N–H and O–H groups in total. The quantitative estimate of drug-likeness (QED) is 0.696. The summed E-state index contributed by atoms with van der Waals surface area (Å²) in [7, 11) is 0. The van der Waals surface area contributed by atoms with Crippen molar-refractivity contribution >= 4 is 11.6 Å². The summed E-state index contributed by atoms with van der Waals surface area (Å²) in [6.07, 6.45) is 0. The molecule has 92 valence electrons. The third-order valence-corrected chi connectivity index (χ3v) is 2.72. The van der Waals surface area contributed by atoms with Crippen molar-refractivity contribution in [3.05, 3.63) is 29.8 Å². The van der Waals surface area contributed by atoms with Crippen molar-refractivity contribution in [1.82, 2.24) is 5.32 Å². The lowest BCUT2D eigenvalue weighted by Gasteiger charge is -2.24. The minimum absolute atomic E-state index is 0.333. The highest BCUT2D eigenvalue weighted by Gasteiger charge is 2.12. The van der Waals surface area contributed by atoms with Crippen LogP contribution < -0.4 is 16.4 Å². The third kappa shape index (κ3) is 3.44. The van der Waals surface area contributed by atoms with Gasteiger partial charge in [-0.25, -0.2) is 0 Å². The average molecular weight is 235 g/mol. The lowest BCUT2D eigenvalue weighted by Crippen LogP contribution is -2.45. The van der Waals surface area contributed by atoms with Gasteiger partial charge in [-0.3, -0.25) is 4.79 Å². The second kappa shape index (κ2) is 5.65. The average Bonchev–Trinajstić information content (AvgIpc) is 2.38. The number of rotatable bonds is 4. The molecule has 0 bridgehead atoms. The fourth-order valence-corrected chi connectivity index (χ4v) is 1.74. The Kier molecular flexibility index (Phi) is 3.95. The molecular weight excluding hydrogens is 218 g/mol. The van der Waals surface area contributed by atoms with Gasteiger partial charge in [0, 0.05) is 30.4 Å². The molecule has 1 amide bonds. The maximum Gasteiger partial charge on any atom is 0.248 e. The normalized spacial score (nSPS) is 19.9. The lowest BCUT2D eigenvalue weighted by atomic mass is 10.2. The molecule has 0 aromatic heterocycles. The summed E-state index contributed by atoms with van der Waals surface area (Å²) >= 11 is 0. The number of hydrogen-bond donors (Lipinski definition) is 3. The van der Waals surface area contributed by atoms with Crippen molar-refractivity contribution in [3.8, 4) is 0 Å². The molecule has 1 aliphatic heterocycles. The second-order valence-electron chi connectivity index (χ2n) is 4.05. The first-order valence-corrected chi connectivity index (χ1v) is 5.70. The Labute approximate surface area is 100 Å². The van der Waals surface area contributed by atoms with Gasteiger partial charge in [0.1, 0.15) is 0 Å². The zero-order valence-corrected chi connectivity index (χ0v) is 9.61. The molecule has 17 heavy (non-hydrogen) atoms. The van der Waals surface area contributed by atoms with Crippen LogP contribution in [0.4, 0.5) is 5.69 Å². The van der Waals surface area contributed by atoms with Crippen molar-refractivity contribution in [3.63, 3.8) is 0 Å². The molecule has 1 aromatic carbocycles. The topological polar surface area (TPSA) is 76.4 Å². The molecule has 0 saturated carbocycles. The van der Waals surface area contributed by atoms with E-state index >= 15 is 0 Å². The summed E-state index contributed by atoms with van der Waals surface area (Å²) < 4.78 is 5.36. The molecule has 5 nitrogen and oxygen atoms in total. The number of carbonyl (C=O) groups excluding carboxylic acids is 1. The molecule has 1 aromatic rings. The van der Waals surface area contributed by atoms with E-state index in [0.717, 1.165) is 32.0 Å². The molecule has 0 radical (unpaired) electrons. The number of nitrogens with one attached hydrogen (secondary N) is 2. The highest BCUT2D eigenvalue weighted by atomic mass is 16.5. The Hall–Kier alpha value is -1.59. The summed E-state index contributed by atoms with van der Waals surface area (Å²) in [6, 6.07) is 7.47. The second-order valence-corrected chi connectivity index (χ2v) is 4.05. The van der Waals surface area contributed by atoms with Gasteiger partial charge in [0.25, 0.3) is 0 Å². The molecule has 0 spiro atoms. The fraction of sp³-hybridized carbons (Fsp3) is 0.417. The van der Waals surface area contributed by atoms with E-state index in [2.05, 4.69) is 10.6 Å². The van der Waals surface area contributed by atoms with Crippen molar-refractivity contribution in [1.29, 1.82) is 0 Å². The number of morpholine rings is 1. The van der Waals surface area contributed by atoms with Crippen molar-refractivity contribution in [2.45, 2.75) is 6.04 Å². The maximum atomic E-state index is 10.9. The van der Waals surface area contributed by atoms with Crippen LogP contribution in [0.15, 0.2) is 24.3 Å². The molecule has 1 saturated heterocycles. The first kappa shape index (κ1) is 11.9. The number of benzene rings is 1. The van der Waals surface area contributed by atoms with Crippen LogP contribution in [0.5, 0.6) is 0 Å². The van der Waals surface area contributed by atoms with Crippen molar-refractivity contribution < 1.29 is 9.53 Å². The molecular formula is C12H17N3O2. The molecule has 1 fully saturated rings.